The van der Waals surface area contributed by atoms with Crippen LogP contribution in [0.1, 0.15) is 38.0 Å². The topological polar surface area (TPSA) is 107 Å². The van der Waals surface area contributed by atoms with E-state index >= 15 is 0 Å². The van der Waals surface area contributed by atoms with Crippen LogP contribution in [-0.4, -0.2) is 43.7 Å². The van der Waals surface area contributed by atoms with E-state index in [-0.39, 0.29) is 6.01 Å². The molecule has 0 aliphatic carbocycles. The van der Waals surface area contributed by atoms with Gasteiger partial charge in [0.05, 0.1) is 28.6 Å². The van der Waals surface area contributed by atoms with E-state index in [0.717, 1.165) is 43.0 Å². The van der Waals surface area contributed by atoms with Crippen LogP contribution in [0.3, 0.4) is 0 Å². The number of methoxy groups -OCH3 is 1. The first-order chi connectivity index (χ1) is 19.0. The minimum atomic E-state index is -1.18. The third-order valence-electron chi connectivity index (χ3n) is 6.13. The van der Waals surface area contributed by atoms with Crippen molar-refractivity contribution in [3.63, 3.8) is 0 Å². The highest BCUT2D eigenvalue weighted by Gasteiger charge is 2.32. The van der Waals surface area contributed by atoms with Crippen molar-refractivity contribution in [3.05, 3.63) is 77.2 Å². The summed E-state index contributed by atoms with van der Waals surface area (Å²) in [4.78, 5) is 30.4. The highest BCUT2D eigenvalue weighted by molar-refractivity contribution is 7.22. The Morgan fingerprint density at radius 1 is 1.00 bits per heavy atom. The van der Waals surface area contributed by atoms with Gasteiger partial charge in [0.25, 0.3) is 0 Å². The number of aromatic nitrogens is 4. The molecule has 40 heavy (non-hydrogen) atoms. The number of carboxylic acid groups (broad SMARTS) is 1. The summed E-state index contributed by atoms with van der Waals surface area (Å²) < 4.78 is 12.0. The maximum Gasteiger partial charge on any atom is 0.337 e. The highest BCUT2D eigenvalue weighted by Crippen LogP contribution is 2.44. The van der Waals surface area contributed by atoms with E-state index in [1.54, 1.807) is 30.7 Å². The van der Waals surface area contributed by atoms with E-state index in [0.29, 0.717) is 16.3 Å². The van der Waals surface area contributed by atoms with Gasteiger partial charge < -0.3 is 14.6 Å². The summed E-state index contributed by atoms with van der Waals surface area (Å²) >= 11 is 7.69. The molecule has 0 bridgehead atoms. The second-order valence-corrected chi connectivity index (χ2v) is 11.6. The van der Waals surface area contributed by atoms with Crippen molar-refractivity contribution in [2.75, 3.05) is 7.11 Å². The van der Waals surface area contributed by atoms with Crippen molar-refractivity contribution < 1.29 is 19.4 Å². The van der Waals surface area contributed by atoms with Crippen molar-refractivity contribution >= 4 is 39.1 Å². The Morgan fingerprint density at radius 2 is 1.70 bits per heavy atom. The van der Waals surface area contributed by atoms with E-state index in [1.807, 2.05) is 58.0 Å². The number of carbonyl (C=O) groups is 1. The van der Waals surface area contributed by atoms with Crippen LogP contribution >= 0.6 is 22.9 Å². The van der Waals surface area contributed by atoms with E-state index in [2.05, 4.69) is 15.0 Å². The molecule has 0 unspecified atom stereocenters. The third-order valence-corrected chi connectivity index (χ3v) is 7.52. The predicted molar refractivity (Wildman–Crippen MR) is 157 cm³/mol. The molecular weight excluding hydrogens is 548 g/mol. The van der Waals surface area contributed by atoms with Crippen LogP contribution in [0.5, 0.6) is 6.01 Å². The molecule has 5 aromatic rings. The van der Waals surface area contributed by atoms with Gasteiger partial charge in [0.15, 0.2) is 6.10 Å². The summed E-state index contributed by atoms with van der Waals surface area (Å²) in [6.07, 6.45) is 3.86. The van der Waals surface area contributed by atoms with Crippen molar-refractivity contribution in [2.45, 2.75) is 39.4 Å². The maximum absolute atomic E-state index is 12.6. The average Bonchev–Trinajstić information content (AvgIpc) is 3.35. The summed E-state index contributed by atoms with van der Waals surface area (Å²) in [5.74, 6) is -1.06. The minimum absolute atomic E-state index is 0.280. The summed E-state index contributed by atoms with van der Waals surface area (Å²) in [5.41, 5.74) is 5.35. The Bertz CT molecular complexity index is 1700. The predicted octanol–water partition coefficient (Wildman–Crippen LogP) is 7.39. The largest absolute Gasteiger partial charge is 0.479 e. The quantitative estimate of drug-likeness (QED) is 0.214. The van der Waals surface area contributed by atoms with E-state index in [4.69, 9.17) is 26.1 Å². The third kappa shape index (κ3) is 5.67. The molecule has 204 valence electrons. The lowest BCUT2D eigenvalue weighted by atomic mass is 9.91. The molecule has 10 heteroatoms. The average molecular weight is 575 g/mol. The van der Waals surface area contributed by atoms with Gasteiger partial charge in [-0.25, -0.2) is 19.7 Å². The van der Waals surface area contributed by atoms with Crippen LogP contribution in [0.25, 0.3) is 43.2 Å². The number of pyridine rings is 1. The minimum Gasteiger partial charge on any atom is -0.479 e. The smallest absolute Gasteiger partial charge is 0.337 e. The second kappa shape index (κ2) is 10.9. The van der Waals surface area contributed by atoms with Gasteiger partial charge in [0.1, 0.15) is 5.01 Å². The zero-order chi connectivity index (χ0) is 28.6. The first-order valence-corrected chi connectivity index (χ1v) is 13.7. The zero-order valence-corrected chi connectivity index (χ0v) is 24.2. The molecule has 0 spiro atoms. The Hall–Kier alpha value is -3.92. The lowest BCUT2D eigenvalue weighted by Crippen LogP contribution is -2.28. The number of halogens is 1. The fourth-order valence-electron chi connectivity index (χ4n) is 4.44. The Morgan fingerprint density at radius 3 is 2.33 bits per heavy atom. The summed E-state index contributed by atoms with van der Waals surface area (Å²) in [5, 5.41) is 11.6. The molecule has 0 aliphatic rings. The number of benzene rings is 2. The number of aryl methyl sites for hydroxylation is 1. The molecule has 0 saturated heterocycles. The van der Waals surface area contributed by atoms with Gasteiger partial charge in [-0.1, -0.05) is 23.7 Å². The molecule has 0 amide bonds. The van der Waals surface area contributed by atoms with Gasteiger partial charge in [0, 0.05) is 45.9 Å². The number of hydrogen-bond acceptors (Lipinski definition) is 8. The number of hydrogen-bond donors (Lipinski definition) is 1. The van der Waals surface area contributed by atoms with Gasteiger partial charge in [0.2, 0.25) is 0 Å². The SMILES string of the molecule is COc1ncc(-c2cc(-c3nc4cc(C)c([C@H](OC(C)(C)C)C(=O)O)c(-c5ccc(Cl)cc5)c4s3)ccn2)cn1. The lowest BCUT2D eigenvalue weighted by molar-refractivity contribution is -0.160. The van der Waals surface area contributed by atoms with Gasteiger partial charge in [-0.15, -0.1) is 11.3 Å². The van der Waals surface area contributed by atoms with Gasteiger partial charge >= 0.3 is 12.0 Å². The summed E-state index contributed by atoms with van der Waals surface area (Å²) in [7, 11) is 1.51. The van der Waals surface area contributed by atoms with E-state index < -0.39 is 17.7 Å². The lowest BCUT2D eigenvalue weighted by Gasteiger charge is -2.28. The van der Waals surface area contributed by atoms with Gasteiger partial charge in [-0.2, -0.15) is 0 Å². The molecule has 0 fully saturated rings. The molecule has 3 aromatic heterocycles. The van der Waals surface area contributed by atoms with Crippen molar-refractivity contribution in [3.8, 4) is 39.0 Å². The Labute approximate surface area is 240 Å². The first-order valence-electron chi connectivity index (χ1n) is 12.5. The van der Waals surface area contributed by atoms with Gasteiger partial charge in [-0.05, 0) is 69.2 Å². The van der Waals surface area contributed by atoms with E-state index in [9.17, 15) is 9.90 Å². The van der Waals surface area contributed by atoms with Crippen LogP contribution in [-0.2, 0) is 9.53 Å². The Balaban J connectivity index is 1.70. The van der Waals surface area contributed by atoms with E-state index in [1.165, 1.54) is 18.4 Å². The molecule has 1 atom stereocenters. The number of ether oxygens (including phenoxy) is 2. The van der Waals surface area contributed by atoms with Crippen molar-refractivity contribution in [1.82, 2.24) is 19.9 Å². The molecule has 2 aromatic carbocycles. The van der Waals surface area contributed by atoms with Crippen LogP contribution in [0.2, 0.25) is 5.02 Å². The number of thiazole rings is 1. The van der Waals surface area contributed by atoms with Gasteiger partial charge in [-0.3, -0.25) is 4.98 Å². The van der Waals surface area contributed by atoms with Crippen LogP contribution < -0.4 is 4.74 Å². The zero-order valence-electron chi connectivity index (χ0n) is 22.6. The second-order valence-electron chi connectivity index (χ2n) is 10.2. The van der Waals surface area contributed by atoms with Crippen molar-refractivity contribution in [2.24, 2.45) is 0 Å². The number of carboxylic acids is 1. The number of fused-ring (bicyclic) bond motifs is 1. The highest BCUT2D eigenvalue weighted by atomic mass is 35.5. The van der Waals surface area contributed by atoms with Crippen LogP contribution in [0.4, 0.5) is 0 Å². The molecule has 0 radical (unpaired) electrons. The number of rotatable bonds is 7. The number of nitrogens with zero attached hydrogens (tertiary/aromatic N) is 4. The van der Waals surface area contributed by atoms with Crippen molar-refractivity contribution in [1.29, 1.82) is 0 Å². The van der Waals surface area contributed by atoms with Crippen LogP contribution in [0, 0.1) is 6.92 Å². The fourth-order valence-corrected chi connectivity index (χ4v) is 5.68. The molecule has 0 aliphatic heterocycles. The monoisotopic (exact) mass is 574 g/mol. The molecule has 0 saturated carbocycles. The first kappa shape index (κ1) is 27.6. The molecule has 3 heterocycles. The normalized spacial score (nSPS) is 12.4. The fraction of sp³-hybridized carbons (Fsp3) is 0.233. The Kier molecular flexibility index (Phi) is 7.55. The summed E-state index contributed by atoms with van der Waals surface area (Å²) in [6.45, 7) is 7.43. The maximum atomic E-state index is 12.6. The molecule has 8 nitrogen and oxygen atoms in total. The molecule has 1 N–H and O–H groups in total. The standard InChI is InChI=1S/C30H27ClN4O4S/c1-16-12-22-26(24(17-6-8-20(31)9-7-17)23(16)25(28(36)37)39-30(2,3)4)40-27(35-22)18-10-11-32-21(13-18)19-14-33-29(38-5)34-15-19/h6-15,25H,1-5H3,(H,36,37)/t25-/m0/s1. The molecule has 5 rings (SSSR count). The number of aliphatic carboxylic acids is 1. The molecular formula is C30H27ClN4O4S. The van der Waals surface area contributed by atoms with Crippen LogP contribution in [0.15, 0.2) is 61.1 Å². The summed E-state index contributed by atoms with van der Waals surface area (Å²) in [6, 6.07) is 13.4.